The van der Waals surface area contributed by atoms with Crippen LogP contribution < -0.4 is 0 Å². The minimum Gasteiger partial charge on any atom is -0.481 e. The zero-order valence-electron chi connectivity index (χ0n) is 12.9. The van der Waals surface area contributed by atoms with E-state index < -0.39 is 10.7 Å². The van der Waals surface area contributed by atoms with Crippen molar-refractivity contribution in [1.82, 2.24) is 0 Å². The van der Waals surface area contributed by atoms with Crippen LogP contribution in [-0.2, 0) is 4.79 Å². The van der Waals surface area contributed by atoms with Gasteiger partial charge in [-0.3, -0.25) is 4.79 Å². The molecule has 21 heavy (non-hydrogen) atoms. The summed E-state index contributed by atoms with van der Waals surface area (Å²) >= 11 is 8.24. The highest BCUT2D eigenvalue weighted by Crippen LogP contribution is 2.34. The van der Waals surface area contributed by atoms with E-state index >= 15 is 0 Å². The van der Waals surface area contributed by atoms with Crippen molar-refractivity contribution in [2.75, 3.05) is 5.75 Å². The molecule has 0 aromatic rings. The summed E-state index contributed by atoms with van der Waals surface area (Å²) in [5, 5.41) is 17.9. The Morgan fingerprint density at radius 2 is 1.90 bits per heavy atom. The number of unbranched alkanes of at least 4 members (excludes halogenated alkanes) is 5. The van der Waals surface area contributed by atoms with Crippen LogP contribution in [0.1, 0.15) is 65.2 Å². The number of nitriles is 1. The molecule has 0 bridgehead atoms. The first kappa shape index (κ1) is 20.8. The van der Waals surface area contributed by atoms with Crippen molar-refractivity contribution >= 4 is 45.2 Å². The maximum Gasteiger partial charge on any atom is 0.303 e. The second-order valence-electron chi connectivity index (χ2n) is 5.20. The van der Waals surface area contributed by atoms with Crippen molar-refractivity contribution in [3.8, 4) is 6.07 Å². The Labute approximate surface area is 142 Å². The fourth-order valence-electron chi connectivity index (χ4n) is 1.73. The van der Waals surface area contributed by atoms with Gasteiger partial charge in [-0.15, -0.1) is 11.8 Å². The van der Waals surface area contributed by atoms with E-state index in [9.17, 15) is 10.1 Å². The first-order chi connectivity index (χ1) is 9.93. The smallest absolute Gasteiger partial charge is 0.303 e. The van der Waals surface area contributed by atoms with E-state index in [1.807, 2.05) is 0 Å². The number of hydrogen-bond donors (Lipinski definition) is 1. The van der Waals surface area contributed by atoms with E-state index in [-0.39, 0.29) is 6.42 Å². The Bertz CT molecular complexity index is 368. The fraction of sp³-hybridized carbons (Fsp3) is 0.800. The van der Waals surface area contributed by atoms with E-state index in [1.54, 1.807) is 18.7 Å². The van der Waals surface area contributed by atoms with E-state index in [0.717, 1.165) is 15.7 Å². The summed E-state index contributed by atoms with van der Waals surface area (Å²) in [5.74, 6) is 0.112. The van der Waals surface area contributed by atoms with Crippen molar-refractivity contribution in [1.29, 1.82) is 5.26 Å². The molecule has 0 radical (unpaired) electrons. The van der Waals surface area contributed by atoms with Crippen LogP contribution in [0.2, 0.25) is 0 Å². The minimum absolute atomic E-state index is 0.00175. The molecule has 3 nitrogen and oxygen atoms in total. The van der Waals surface area contributed by atoms with Crippen LogP contribution in [0.25, 0.3) is 0 Å². The first-order valence-corrected chi connectivity index (χ1v) is 9.63. The molecule has 0 aliphatic carbocycles. The van der Waals surface area contributed by atoms with Crippen molar-refractivity contribution in [3.05, 3.63) is 0 Å². The summed E-state index contributed by atoms with van der Waals surface area (Å²) in [6, 6.07) is 2.19. The number of nitrogens with zero attached hydrogens (tertiary/aromatic N) is 1. The third-order valence-electron chi connectivity index (χ3n) is 3.08. The SMILES string of the molecule is CCCCCCCCSC(=S)SC(C)(C#N)CCC(=O)O. The maximum absolute atomic E-state index is 10.6. The predicted octanol–water partition coefficient (Wildman–Crippen LogP) is 5.25. The number of aliphatic carboxylic acids is 1. The predicted molar refractivity (Wildman–Crippen MR) is 96.9 cm³/mol. The Kier molecular flexibility index (Phi) is 12.2. The van der Waals surface area contributed by atoms with Crippen LogP contribution in [0.5, 0.6) is 0 Å². The van der Waals surface area contributed by atoms with Gasteiger partial charge in [-0.05, 0) is 25.5 Å². The van der Waals surface area contributed by atoms with Crippen molar-refractivity contribution in [2.24, 2.45) is 0 Å². The lowest BCUT2D eigenvalue weighted by Gasteiger charge is -2.19. The molecular formula is C15H25NO2S3. The number of carboxylic acids is 1. The summed E-state index contributed by atoms with van der Waals surface area (Å²) in [5.41, 5.74) is 0. The zero-order valence-corrected chi connectivity index (χ0v) is 15.3. The van der Waals surface area contributed by atoms with Crippen LogP contribution in [0.15, 0.2) is 0 Å². The summed E-state index contributed by atoms with van der Waals surface area (Å²) in [6.07, 6.45) is 7.86. The number of carbonyl (C=O) groups is 1. The molecular weight excluding hydrogens is 322 g/mol. The lowest BCUT2D eigenvalue weighted by molar-refractivity contribution is -0.137. The average Bonchev–Trinajstić information content (AvgIpc) is 2.44. The standard InChI is InChI=1S/C15H25NO2S3/c1-3-4-5-6-7-8-11-20-14(19)21-15(2,12-16)10-9-13(17)18/h3-11H2,1-2H3,(H,17,18). The molecule has 0 saturated heterocycles. The van der Waals surface area contributed by atoms with Gasteiger partial charge >= 0.3 is 5.97 Å². The van der Waals surface area contributed by atoms with Crippen molar-refractivity contribution < 1.29 is 9.90 Å². The number of rotatable bonds is 11. The second-order valence-corrected chi connectivity index (χ2v) is 9.01. The highest BCUT2D eigenvalue weighted by molar-refractivity contribution is 8.47. The minimum atomic E-state index is -0.872. The molecule has 0 spiro atoms. The van der Waals surface area contributed by atoms with Crippen molar-refractivity contribution in [2.45, 2.75) is 70.0 Å². The first-order valence-electron chi connectivity index (χ1n) is 7.42. The molecule has 1 N–H and O–H groups in total. The Balaban J connectivity index is 3.85. The van der Waals surface area contributed by atoms with Gasteiger partial charge in [-0.25, -0.2) is 0 Å². The Hall–Kier alpha value is -0.250. The van der Waals surface area contributed by atoms with Gasteiger partial charge in [0.05, 0.1) is 6.07 Å². The summed E-state index contributed by atoms with van der Waals surface area (Å²) < 4.78 is 0.0156. The monoisotopic (exact) mass is 347 g/mol. The van der Waals surface area contributed by atoms with Crippen LogP contribution in [0.3, 0.4) is 0 Å². The van der Waals surface area contributed by atoms with Gasteiger partial charge in [0.25, 0.3) is 0 Å². The number of thiocarbonyl (C=S) groups is 1. The summed E-state index contributed by atoms with van der Waals surface area (Å²) in [7, 11) is 0. The third kappa shape index (κ3) is 12.0. The highest BCUT2D eigenvalue weighted by atomic mass is 32.2. The van der Waals surface area contributed by atoms with Gasteiger partial charge in [0.15, 0.2) is 0 Å². The fourth-order valence-corrected chi connectivity index (χ4v) is 4.70. The third-order valence-corrected chi connectivity index (χ3v) is 5.93. The average molecular weight is 348 g/mol. The second kappa shape index (κ2) is 12.3. The molecule has 1 atom stereocenters. The van der Waals surface area contributed by atoms with Crippen LogP contribution >= 0.6 is 35.7 Å². The van der Waals surface area contributed by atoms with Crippen LogP contribution in [-0.4, -0.2) is 25.1 Å². The molecule has 0 aromatic carbocycles. The number of thioether (sulfide) groups is 2. The molecule has 0 heterocycles. The topological polar surface area (TPSA) is 61.1 Å². The van der Waals surface area contributed by atoms with Crippen LogP contribution in [0.4, 0.5) is 0 Å². The molecule has 0 aliphatic rings. The van der Waals surface area contributed by atoms with E-state index in [0.29, 0.717) is 6.42 Å². The largest absolute Gasteiger partial charge is 0.481 e. The summed E-state index contributed by atoms with van der Waals surface area (Å²) in [4.78, 5) is 10.6. The lowest BCUT2D eigenvalue weighted by atomic mass is 10.1. The number of hydrogen-bond acceptors (Lipinski definition) is 5. The highest BCUT2D eigenvalue weighted by Gasteiger charge is 2.27. The Morgan fingerprint density at radius 3 is 2.48 bits per heavy atom. The lowest BCUT2D eigenvalue weighted by Crippen LogP contribution is -2.20. The van der Waals surface area contributed by atoms with Gasteiger partial charge < -0.3 is 5.11 Å². The maximum atomic E-state index is 10.6. The van der Waals surface area contributed by atoms with E-state index in [4.69, 9.17) is 17.3 Å². The van der Waals surface area contributed by atoms with Gasteiger partial charge in [-0.2, -0.15) is 5.26 Å². The zero-order chi connectivity index (χ0) is 16.1. The molecule has 0 amide bonds. The van der Waals surface area contributed by atoms with Gasteiger partial charge in [0.1, 0.15) is 8.28 Å². The van der Waals surface area contributed by atoms with Gasteiger partial charge in [-0.1, -0.05) is 63.0 Å². The summed E-state index contributed by atoms with van der Waals surface area (Å²) in [6.45, 7) is 3.97. The molecule has 0 rings (SSSR count). The van der Waals surface area contributed by atoms with E-state index in [1.165, 1.54) is 43.9 Å². The quantitative estimate of drug-likeness (QED) is 0.407. The van der Waals surface area contributed by atoms with Gasteiger partial charge in [0, 0.05) is 6.42 Å². The molecule has 0 saturated carbocycles. The Morgan fingerprint density at radius 1 is 1.29 bits per heavy atom. The van der Waals surface area contributed by atoms with Crippen LogP contribution in [0, 0.1) is 11.3 Å². The van der Waals surface area contributed by atoms with Crippen molar-refractivity contribution in [3.63, 3.8) is 0 Å². The molecule has 0 aliphatic heterocycles. The molecule has 0 aromatic heterocycles. The molecule has 1 unspecified atom stereocenters. The van der Waals surface area contributed by atoms with E-state index in [2.05, 4.69) is 13.0 Å². The normalized spacial score (nSPS) is 13.4. The molecule has 120 valence electrons. The number of carboxylic acid groups (broad SMARTS) is 1. The van der Waals surface area contributed by atoms with Gasteiger partial charge in [0.2, 0.25) is 0 Å². The molecule has 0 fully saturated rings. The molecule has 6 heteroatoms.